The molecule has 286 valence electrons. The zero-order valence-corrected chi connectivity index (χ0v) is 33.0. The zero-order chi connectivity index (χ0) is 36.5. The van der Waals surface area contributed by atoms with E-state index in [9.17, 15) is 19.4 Å². The molecule has 1 amide bonds. The van der Waals surface area contributed by atoms with E-state index in [1.165, 1.54) is 57.8 Å². The summed E-state index contributed by atoms with van der Waals surface area (Å²) in [5.41, 5.74) is 0. The lowest BCUT2D eigenvalue weighted by Crippen LogP contribution is -2.45. The molecule has 0 saturated heterocycles. The molecule has 0 aromatic rings. The number of phosphoric acid groups is 1. The van der Waals surface area contributed by atoms with Crippen molar-refractivity contribution < 1.29 is 32.9 Å². The van der Waals surface area contributed by atoms with Crippen molar-refractivity contribution in [2.24, 2.45) is 0 Å². The van der Waals surface area contributed by atoms with Crippen LogP contribution < -0.4 is 10.2 Å². The zero-order valence-electron chi connectivity index (χ0n) is 32.1. The van der Waals surface area contributed by atoms with Crippen LogP contribution >= 0.6 is 7.82 Å². The number of hydrogen-bond donors (Lipinski definition) is 2. The molecule has 0 spiro atoms. The largest absolute Gasteiger partial charge is 0.756 e. The standard InChI is InChI=1S/C40H75N2O6P/c1-6-8-10-12-14-16-18-20-22-23-25-27-29-31-33-39(43)38(37-48-49(45,46)47-36-35-42(3,4)5)41-40(44)34-32-30-28-26-24-21-19-17-15-13-11-9-7-2/h16-19,23,25,31,33,38-39,43H,6-15,20-22,24,26-30,32,34-37H2,1-5H3,(H-,41,44,45,46)/b18-16+,19-17-,25-23+,33-31+. The summed E-state index contributed by atoms with van der Waals surface area (Å²) >= 11 is 0. The Morgan fingerprint density at radius 3 is 1.65 bits per heavy atom. The van der Waals surface area contributed by atoms with E-state index in [1.54, 1.807) is 6.08 Å². The number of quaternary nitrogens is 1. The van der Waals surface area contributed by atoms with Gasteiger partial charge in [-0.1, -0.05) is 120 Å². The van der Waals surface area contributed by atoms with Gasteiger partial charge in [0.1, 0.15) is 13.2 Å². The van der Waals surface area contributed by atoms with Gasteiger partial charge in [-0.05, 0) is 70.6 Å². The van der Waals surface area contributed by atoms with Crippen LogP contribution in [-0.4, -0.2) is 68.5 Å². The topological polar surface area (TPSA) is 108 Å². The second-order valence-corrected chi connectivity index (χ2v) is 15.7. The first-order chi connectivity index (χ1) is 23.5. The van der Waals surface area contributed by atoms with Gasteiger partial charge in [-0.15, -0.1) is 0 Å². The van der Waals surface area contributed by atoms with Crippen molar-refractivity contribution in [1.29, 1.82) is 0 Å². The number of allylic oxidation sites excluding steroid dienone is 7. The number of likely N-dealkylation sites (N-methyl/N-ethyl adjacent to an activating group) is 1. The molecule has 0 rings (SSSR count). The van der Waals surface area contributed by atoms with Crippen LogP contribution in [0.4, 0.5) is 0 Å². The van der Waals surface area contributed by atoms with Gasteiger partial charge in [-0.2, -0.15) is 0 Å². The Morgan fingerprint density at radius 2 is 1.14 bits per heavy atom. The Balaban J connectivity index is 4.64. The summed E-state index contributed by atoms with van der Waals surface area (Å²) < 4.78 is 23.1. The number of aliphatic hydroxyl groups excluding tert-OH is 1. The van der Waals surface area contributed by atoms with Crippen molar-refractivity contribution >= 4 is 13.7 Å². The van der Waals surface area contributed by atoms with Crippen LogP contribution in [0.25, 0.3) is 0 Å². The fraction of sp³-hybridized carbons (Fsp3) is 0.775. The highest BCUT2D eigenvalue weighted by molar-refractivity contribution is 7.45. The van der Waals surface area contributed by atoms with Crippen LogP contribution in [-0.2, 0) is 18.4 Å². The lowest BCUT2D eigenvalue weighted by Gasteiger charge is -2.29. The fourth-order valence-corrected chi connectivity index (χ4v) is 5.78. The first-order valence-corrected chi connectivity index (χ1v) is 21.0. The highest BCUT2D eigenvalue weighted by Crippen LogP contribution is 2.38. The molecule has 0 aliphatic heterocycles. The number of nitrogens with one attached hydrogen (secondary N) is 1. The van der Waals surface area contributed by atoms with Gasteiger partial charge in [0.05, 0.1) is 39.9 Å². The molecule has 49 heavy (non-hydrogen) atoms. The Kier molecular flexibility index (Phi) is 31.4. The van der Waals surface area contributed by atoms with E-state index in [4.69, 9.17) is 9.05 Å². The molecule has 3 atom stereocenters. The molecule has 0 aliphatic carbocycles. The molecule has 0 saturated carbocycles. The number of aliphatic hydroxyl groups is 1. The number of rotatable bonds is 34. The van der Waals surface area contributed by atoms with Gasteiger partial charge in [0.15, 0.2) is 0 Å². The number of carbonyl (C=O) groups is 1. The number of amides is 1. The molecule has 0 radical (unpaired) electrons. The third-order valence-electron chi connectivity index (χ3n) is 8.24. The number of carbonyl (C=O) groups excluding carboxylic acids is 1. The van der Waals surface area contributed by atoms with Crippen molar-refractivity contribution in [3.63, 3.8) is 0 Å². The normalized spacial score (nSPS) is 15.2. The number of phosphoric ester groups is 1. The molecule has 3 unspecified atom stereocenters. The lowest BCUT2D eigenvalue weighted by atomic mass is 10.1. The van der Waals surface area contributed by atoms with Gasteiger partial charge < -0.3 is 28.8 Å². The van der Waals surface area contributed by atoms with E-state index in [1.807, 2.05) is 27.2 Å². The molecule has 8 nitrogen and oxygen atoms in total. The van der Waals surface area contributed by atoms with E-state index < -0.39 is 26.6 Å². The summed E-state index contributed by atoms with van der Waals surface area (Å²) in [6, 6.07) is -0.911. The number of unbranched alkanes of at least 4 members (excludes halogenated alkanes) is 15. The average molecular weight is 711 g/mol. The summed E-state index contributed by atoms with van der Waals surface area (Å²) in [5, 5.41) is 13.7. The quantitative estimate of drug-likeness (QED) is 0.0298. The van der Waals surface area contributed by atoms with Crippen molar-refractivity contribution in [1.82, 2.24) is 5.32 Å². The van der Waals surface area contributed by atoms with Gasteiger partial charge >= 0.3 is 0 Å². The van der Waals surface area contributed by atoms with Crippen molar-refractivity contribution in [3.8, 4) is 0 Å². The molecular weight excluding hydrogens is 635 g/mol. The minimum Gasteiger partial charge on any atom is -0.756 e. The van der Waals surface area contributed by atoms with Crippen LogP contribution in [0.15, 0.2) is 48.6 Å². The maximum Gasteiger partial charge on any atom is 0.268 e. The summed E-state index contributed by atoms with van der Waals surface area (Å²) in [7, 11) is 1.22. The van der Waals surface area contributed by atoms with Crippen molar-refractivity contribution in [2.45, 2.75) is 161 Å². The third kappa shape index (κ3) is 34.7. The van der Waals surface area contributed by atoms with E-state index >= 15 is 0 Å². The van der Waals surface area contributed by atoms with Gasteiger partial charge in [-0.25, -0.2) is 0 Å². The molecule has 0 heterocycles. The minimum atomic E-state index is -4.59. The van der Waals surface area contributed by atoms with Gasteiger partial charge in [0, 0.05) is 6.42 Å². The molecular formula is C40H75N2O6P. The second kappa shape index (κ2) is 32.4. The van der Waals surface area contributed by atoms with Crippen LogP contribution in [0.1, 0.15) is 149 Å². The first-order valence-electron chi connectivity index (χ1n) is 19.5. The van der Waals surface area contributed by atoms with Crippen molar-refractivity contribution in [2.75, 3.05) is 40.9 Å². The molecule has 2 N–H and O–H groups in total. The summed E-state index contributed by atoms with van der Waals surface area (Å²) in [4.78, 5) is 25.1. The minimum absolute atomic E-state index is 0.0120. The fourth-order valence-electron chi connectivity index (χ4n) is 5.06. The number of hydrogen-bond acceptors (Lipinski definition) is 6. The Labute approximate surface area is 301 Å². The van der Waals surface area contributed by atoms with E-state index in [-0.39, 0.29) is 12.5 Å². The van der Waals surface area contributed by atoms with Gasteiger partial charge in [0.2, 0.25) is 5.91 Å². The van der Waals surface area contributed by atoms with Crippen LogP contribution in [0.2, 0.25) is 0 Å². The van der Waals surface area contributed by atoms with Crippen LogP contribution in [0.5, 0.6) is 0 Å². The van der Waals surface area contributed by atoms with Crippen LogP contribution in [0.3, 0.4) is 0 Å². The third-order valence-corrected chi connectivity index (χ3v) is 9.20. The SMILES string of the molecule is CCCCCC/C=C\CCCCCCCC(=O)NC(COP(=O)([O-])OCC[N+](C)(C)C)C(O)/C=C/CC/C=C/CC/C=C/CCCCCC. The lowest BCUT2D eigenvalue weighted by molar-refractivity contribution is -0.870. The maximum absolute atomic E-state index is 12.8. The maximum atomic E-state index is 12.8. The Hall–Kier alpha value is -1.54. The van der Waals surface area contributed by atoms with Gasteiger partial charge in [-0.3, -0.25) is 9.36 Å². The average Bonchev–Trinajstić information content (AvgIpc) is 3.04. The van der Waals surface area contributed by atoms with E-state index in [0.29, 0.717) is 17.4 Å². The van der Waals surface area contributed by atoms with E-state index in [0.717, 1.165) is 70.6 Å². The molecule has 0 aliphatic rings. The first kappa shape index (κ1) is 47.5. The van der Waals surface area contributed by atoms with Crippen molar-refractivity contribution in [3.05, 3.63) is 48.6 Å². The molecule has 0 bridgehead atoms. The molecule has 0 aromatic heterocycles. The summed E-state index contributed by atoms with van der Waals surface area (Å²) in [6.45, 7) is 4.54. The highest BCUT2D eigenvalue weighted by atomic mass is 31.2. The Bertz CT molecular complexity index is 944. The molecule has 0 fully saturated rings. The monoisotopic (exact) mass is 711 g/mol. The smallest absolute Gasteiger partial charge is 0.268 e. The highest BCUT2D eigenvalue weighted by Gasteiger charge is 2.23. The van der Waals surface area contributed by atoms with E-state index in [2.05, 4.69) is 55.6 Å². The van der Waals surface area contributed by atoms with Crippen LogP contribution in [0, 0.1) is 0 Å². The number of nitrogens with zero attached hydrogens (tertiary/aromatic N) is 1. The predicted octanol–water partition coefficient (Wildman–Crippen LogP) is 9.50. The molecule has 0 aromatic carbocycles. The second-order valence-electron chi connectivity index (χ2n) is 14.3. The summed E-state index contributed by atoms with van der Waals surface area (Å²) in [6.07, 6.45) is 38.7. The summed E-state index contributed by atoms with van der Waals surface area (Å²) in [5.74, 6) is -0.225. The molecule has 9 heteroatoms. The van der Waals surface area contributed by atoms with Gasteiger partial charge in [0.25, 0.3) is 7.82 Å². The Morgan fingerprint density at radius 1 is 0.694 bits per heavy atom. The predicted molar refractivity (Wildman–Crippen MR) is 205 cm³/mol.